The first-order chi connectivity index (χ1) is 9.38. The Hall–Kier alpha value is -2.06. The summed E-state index contributed by atoms with van der Waals surface area (Å²) < 4.78 is 13.2. The zero-order valence-electron chi connectivity index (χ0n) is 10.4. The van der Waals surface area contributed by atoms with Crippen LogP contribution in [-0.4, -0.2) is 44.7 Å². The number of carbonyl (C=O) groups is 1. The lowest BCUT2D eigenvalue weighted by atomic mass is 10.1. The molecule has 0 aromatic heterocycles. The van der Waals surface area contributed by atoms with Crippen LogP contribution < -0.4 is 0 Å². The number of carboxylic acids is 1. The molecule has 1 fully saturated rings. The third kappa shape index (κ3) is 2.91. The first-order valence-corrected chi connectivity index (χ1v) is 5.96. The van der Waals surface area contributed by atoms with E-state index in [9.17, 15) is 24.4 Å². The molecule has 1 aromatic rings. The summed E-state index contributed by atoms with van der Waals surface area (Å²) >= 11 is 0. The van der Waals surface area contributed by atoms with Gasteiger partial charge in [0, 0.05) is 31.1 Å². The number of nitro benzene ring substituents is 1. The Morgan fingerprint density at radius 3 is 2.85 bits per heavy atom. The Morgan fingerprint density at radius 2 is 2.25 bits per heavy atom. The molecule has 108 valence electrons. The van der Waals surface area contributed by atoms with E-state index in [-0.39, 0.29) is 30.8 Å². The summed E-state index contributed by atoms with van der Waals surface area (Å²) in [6.45, 7) is -0.00721. The summed E-state index contributed by atoms with van der Waals surface area (Å²) in [4.78, 5) is 22.7. The summed E-state index contributed by atoms with van der Waals surface area (Å²) in [5.74, 6) is -1.74. The average Bonchev–Trinajstić information content (AvgIpc) is 2.70. The van der Waals surface area contributed by atoms with Crippen molar-refractivity contribution in [3.05, 3.63) is 39.7 Å². The molecule has 0 radical (unpaired) electrons. The number of benzene rings is 1. The number of aliphatic hydroxyl groups is 1. The van der Waals surface area contributed by atoms with Crippen LogP contribution in [0.3, 0.4) is 0 Å². The summed E-state index contributed by atoms with van der Waals surface area (Å²) in [7, 11) is 0. The minimum atomic E-state index is -1.11. The fourth-order valence-corrected chi connectivity index (χ4v) is 2.39. The van der Waals surface area contributed by atoms with E-state index >= 15 is 0 Å². The lowest BCUT2D eigenvalue weighted by molar-refractivity contribution is -0.385. The second-order valence-electron chi connectivity index (χ2n) is 4.70. The van der Waals surface area contributed by atoms with Crippen LogP contribution in [0.25, 0.3) is 0 Å². The number of carboxylic acid groups (broad SMARTS) is 1. The molecule has 8 heteroatoms. The van der Waals surface area contributed by atoms with Gasteiger partial charge in [0.05, 0.1) is 11.0 Å². The zero-order chi connectivity index (χ0) is 14.9. The highest BCUT2D eigenvalue weighted by molar-refractivity contribution is 5.74. The maximum atomic E-state index is 13.2. The number of hydrogen-bond donors (Lipinski definition) is 2. The van der Waals surface area contributed by atoms with Gasteiger partial charge in [0.15, 0.2) is 0 Å². The minimum Gasteiger partial charge on any atom is -0.480 e. The Kier molecular flexibility index (Phi) is 3.96. The fraction of sp³-hybridized carbons (Fsp3) is 0.417. The minimum absolute atomic E-state index is 0.0540. The maximum Gasteiger partial charge on any atom is 0.321 e. The number of nitrogens with zero attached hydrogens (tertiary/aromatic N) is 2. The van der Waals surface area contributed by atoms with Crippen molar-refractivity contribution in [3.63, 3.8) is 0 Å². The topological polar surface area (TPSA) is 104 Å². The first kappa shape index (κ1) is 14.4. The van der Waals surface area contributed by atoms with Crippen LogP contribution in [0.2, 0.25) is 0 Å². The van der Waals surface area contributed by atoms with Gasteiger partial charge in [-0.25, -0.2) is 4.39 Å². The van der Waals surface area contributed by atoms with Crippen LogP contribution in [0.4, 0.5) is 10.1 Å². The molecule has 2 rings (SSSR count). The SMILES string of the molecule is O=C(O)C1CC(O)CN1Cc1cc(F)ccc1[N+](=O)[O-]. The molecular formula is C12H13FN2O5. The zero-order valence-corrected chi connectivity index (χ0v) is 10.4. The molecule has 0 bridgehead atoms. The molecule has 1 saturated heterocycles. The molecule has 0 aliphatic carbocycles. The molecule has 7 nitrogen and oxygen atoms in total. The van der Waals surface area contributed by atoms with E-state index in [1.54, 1.807) is 0 Å². The number of aliphatic carboxylic acids is 1. The number of rotatable bonds is 4. The van der Waals surface area contributed by atoms with Gasteiger partial charge in [-0.3, -0.25) is 19.8 Å². The predicted octanol–water partition coefficient (Wildman–Crippen LogP) is 0.754. The molecule has 2 N–H and O–H groups in total. The van der Waals surface area contributed by atoms with E-state index < -0.39 is 28.9 Å². The van der Waals surface area contributed by atoms with E-state index in [2.05, 4.69) is 0 Å². The van der Waals surface area contributed by atoms with E-state index in [1.807, 2.05) is 0 Å². The number of aliphatic hydroxyl groups excluding tert-OH is 1. The van der Waals surface area contributed by atoms with Crippen LogP contribution in [0.1, 0.15) is 12.0 Å². The van der Waals surface area contributed by atoms with Gasteiger partial charge in [-0.2, -0.15) is 0 Å². The van der Waals surface area contributed by atoms with E-state index in [1.165, 1.54) is 4.90 Å². The van der Waals surface area contributed by atoms with Crippen LogP contribution in [-0.2, 0) is 11.3 Å². The fourth-order valence-electron chi connectivity index (χ4n) is 2.39. The highest BCUT2D eigenvalue weighted by atomic mass is 19.1. The van der Waals surface area contributed by atoms with E-state index in [0.717, 1.165) is 18.2 Å². The number of likely N-dealkylation sites (tertiary alicyclic amines) is 1. The largest absolute Gasteiger partial charge is 0.480 e. The van der Waals surface area contributed by atoms with Crippen molar-refractivity contribution < 1.29 is 24.3 Å². The normalized spacial score (nSPS) is 22.9. The van der Waals surface area contributed by atoms with Gasteiger partial charge >= 0.3 is 5.97 Å². The monoisotopic (exact) mass is 284 g/mol. The van der Waals surface area contributed by atoms with Crippen molar-refractivity contribution >= 4 is 11.7 Å². The lowest BCUT2D eigenvalue weighted by Crippen LogP contribution is -2.35. The van der Waals surface area contributed by atoms with Crippen LogP contribution in [0.5, 0.6) is 0 Å². The van der Waals surface area contributed by atoms with Crippen molar-refractivity contribution in [2.75, 3.05) is 6.54 Å². The standard InChI is InChI=1S/C12H13FN2O5/c13-8-1-2-10(15(19)20)7(3-8)5-14-6-9(16)4-11(14)12(17)18/h1-3,9,11,16H,4-6H2,(H,17,18). The van der Waals surface area contributed by atoms with Crippen molar-refractivity contribution in [1.82, 2.24) is 4.90 Å². The summed E-state index contributed by atoms with van der Waals surface area (Å²) in [5.41, 5.74) is -0.174. The van der Waals surface area contributed by atoms with Crippen molar-refractivity contribution in [3.8, 4) is 0 Å². The van der Waals surface area contributed by atoms with Gasteiger partial charge in [-0.05, 0) is 12.1 Å². The smallest absolute Gasteiger partial charge is 0.321 e. The van der Waals surface area contributed by atoms with Crippen molar-refractivity contribution in [2.24, 2.45) is 0 Å². The Labute approximate surface area is 113 Å². The number of halogens is 1. The van der Waals surface area contributed by atoms with Gasteiger partial charge in [-0.15, -0.1) is 0 Å². The van der Waals surface area contributed by atoms with Crippen molar-refractivity contribution in [1.29, 1.82) is 0 Å². The molecule has 1 aliphatic heterocycles. The third-order valence-electron chi connectivity index (χ3n) is 3.28. The maximum absolute atomic E-state index is 13.2. The van der Waals surface area contributed by atoms with Gasteiger partial charge in [0.2, 0.25) is 0 Å². The number of β-amino-alcohol motifs (C(OH)–C–C–N with tert-alkyl or cyclic N) is 1. The lowest BCUT2D eigenvalue weighted by Gasteiger charge is -2.20. The van der Waals surface area contributed by atoms with Crippen LogP contribution >= 0.6 is 0 Å². The van der Waals surface area contributed by atoms with Crippen LogP contribution in [0.15, 0.2) is 18.2 Å². The summed E-state index contributed by atoms with van der Waals surface area (Å²) in [6, 6.07) is 2.12. The Morgan fingerprint density at radius 1 is 1.55 bits per heavy atom. The molecule has 2 unspecified atom stereocenters. The molecule has 1 heterocycles. The average molecular weight is 284 g/mol. The van der Waals surface area contributed by atoms with Crippen LogP contribution in [0, 0.1) is 15.9 Å². The predicted molar refractivity (Wildman–Crippen MR) is 65.5 cm³/mol. The molecular weight excluding hydrogens is 271 g/mol. The van der Waals surface area contributed by atoms with Gasteiger partial charge in [-0.1, -0.05) is 0 Å². The summed E-state index contributed by atoms with van der Waals surface area (Å²) in [6.07, 6.45) is -0.748. The second-order valence-corrected chi connectivity index (χ2v) is 4.70. The number of hydrogen-bond acceptors (Lipinski definition) is 5. The molecule has 0 saturated carbocycles. The molecule has 2 atom stereocenters. The van der Waals surface area contributed by atoms with Gasteiger partial charge in [0.1, 0.15) is 11.9 Å². The highest BCUT2D eigenvalue weighted by Gasteiger charge is 2.36. The van der Waals surface area contributed by atoms with Gasteiger partial charge < -0.3 is 10.2 Å². The third-order valence-corrected chi connectivity index (χ3v) is 3.28. The van der Waals surface area contributed by atoms with Gasteiger partial charge in [0.25, 0.3) is 5.69 Å². The molecule has 0 spiro atoms. The second kappa shape index (κ2) is 5.51. The first-order valence-electron chi connectivity index (χ1n) is 5.96. The molecule has 1 aromatic carbocycles. The molecule has 20 heavy (non-hydrogen) atoms. The summed E-state index contributed by atoms with van der Waals surface area (Å²) in [5, 5.41) is 29.5. The van der Waals surface area contributed by atoms with E-state index in [4.69, 9.17) is 5.11 Å². The quantitative estimate of drug-likeness (QED) is 0.624. The Balaban J connectivity index is 2.27. The molecule has 1 aliphatic rings. The van der Waals surface area contributed by atoms with Crippen molar-refractivity contribution in [2.45, 2.75) is 25.1 Å². The molecule has 0 amide bonds. The Bertz CT molecular complexity index is 551. The number of nitro groups is 1. The highest BCUT2D eigenvalue weighted by Crippen LogP contribution is 2.26. The van der Waals surface area contributed by atoms with E-state index in [0.29, 0.717) is 0 Å².